The SMILES string of the molecule is CCOCCOc1ccc(CNCc2ccccc2Cl)cc1. The summed E-state index contributed by atoms with van der Waals surface area (Å²) in [7, 11) is 0. The molecule has 0 atom stereocenters. The van der Waals surface area contributed by atoms with Crippen molar-refractivity contribution < 1.29 is 9.47 Å². The second-order valence-electron chi connectivity index (χ2n) is 4.88. The Labute approximate surface area is 137 Å². The minimum absolute atomic E-state index is 0.581. The molecule has 0 bridgehead atoms. The number of hydrogen-bond acceptors (Lipinski definition) is 3. The number of halogens is 1. The van der Waals surface area contributed by atoms with Crippen molar-refractivity contribution >= 4 is 11.6 Å². The first-order valence-electron chi connectivity index (χ1n) is 7.53. The van der Waals surface area contributed by atoms with Crippen LogP contribution in [0, 0.1) is 0 Å². The molecule has 2 aromatic carbocycles. The van der Waals surface area contributed by atoms with E-state index in [4.69, 9.17) is 21.1 Å². The van der Waals surface area contributed by atoms with Crippen LogP contribution in [0.3, 0.4) is 0 Å². The molecule has 0 saturated carbocycles. The highest BCUT2D eigenvalue weighted by atomic mass is 35.5. The van der Waals surface area contributed by atoms with Crippen LogP contribution in [0.2, 0.25) is 5.02 Å². The fourth-order valence-corrected chi connectivity index (χ4v) is 2.25. The molecule has 0 amide bonds. The highest BCUT2D eigenvalue weighted by Gasteiger charge is 1.99. The summed E-state index contributed by atoms with van der Waals surface area (Å²) in [5.41, 5.74) is 2.32. The third-order valence-electron chi connectivity index (χ3n) is 3.23. The van der Waals surface area contributed by atoms with Crippen molar-refractivity contribution in [2.45, 2.75) is 20.0 Å². The van der Waals surface area contributed by atoms with Crippen molar-refractivity contribution in [3.05, 3.63) is 64.7 Å². The van der Waals surface area contributed by atoms with E-state index >= 15 is 0 Å². The van der Waals surface area contributed by atoms with E-state index in [2.05, 4.69) is 17.4 Å². The average molecular weight is 320 g/mol. The van der Waals surface area contributed by atoms with Crippen molar-refractivity contribution in [3.63, 3.8) is 0 Å². The van der Waals surface area contributed by atoms with Gasteiger partial charge in [-0.25, -0.2) is 0 Å². The minimum atomic E-state index is 0.581. The van der Waals surface area contributed by atoms with Gasteiger partial charge in [0, 0.05) is 24.7 Å². The topological polar surface area (TPSA) is 30.5 Å². The van der Waals surface area contributed by atoms with Crippen molar-refractivity contribution in [1.82, 2.24) is 5.32 Å². The van der Waals surface area contributed by atoms with Crippen molar-refractivity contribution in [2.75, 3.05) is 19.8 Å². The second-order valence-corrected chi connectivity index (χ2v) is 5.29. The van der Waals surface area contributed by atoms with Gasteiger partial charge in [0.05, 0.1) is 6.61 Å². The molecule has 4 heteroatoms. The molecule has 0 radical (unpaired) electrons. The Bertz CT molecular complexity index is 557. The number of rotatable bonds is 9. The van der Waals surface area contributed by atoms with Crippen LogP contribution in [-0.4, -0.2) is 19.8 Å². The molecule has 0 heterocycles. The second kappa shape index (κ2) is 9.46. The van der Waals surface area contributed by atoms with E-state index in [0.29, 0.717) is 13.2 Å². The van der Waals surface area contributed by atoms with Gasteiger partial charge in [-0.3, -0.25) is 0 Å². The van der Waals surface area contributed by atoms with Gasteiger partial charge in [0.15, 0.2) is 0 Å². The molecular formula is C18H22ClNO2. The number of hydrogen-bond donors (Lipinski definition) is 1. The zero-order chi connectivity index (χ0) is 15.6. The van der Waals surface area contributed by atoms with E-state index in [9.17, 15) is 0 Å². The van der Waals surface area contributed by atoms with Gasteiger partial charge >= 0.3 is 0 Å². The first-order chi connectivity index (χ1) is 10.8. The molecular weight excluding hydrogens is 298 g/mol. The minimum Gasteiger partial charge on any atom is -0.491 e. The third kappa shape index (κ3) is 5.68. The lowest BCUT2D eigenvalue weighted by Gasteiger charge is -2.09. The molecule has 0 aliphatic carbocycles. The Hall–Kier alpha value is -1.55. The van der Waals surface area contributed by atoms with Crippen LogP contribution in [0.5, 0.6) is 5.75 Å². The summed E-state index contributed by atoms with van der Waals surface area (Å²) in [6.45, 7) is 5.45. The summed E-state index contributed by atoms with van der Waals surface area (Å²) >= 11 is 6.13. The quantitative estimate of drug-likeness (QED) is 0.707. The van der Waals surface area contributed by atoms with Crippen LogP contribution in [0.1, 0.15) is 18.1 Å². The zero-order valence-corrected chi connectivity index (χ0v) is 13.6. The lowest BCUT2D eigenvalue weighted by molar-refractivity contribution is 0.110. The standard InChI is InChI=1S/C18H22ClNO2/c1-2-21-11-12-22-17-9-7-15(8-10-17)13-20-14-16-5-3-4-6-18(16)19/h3-10,20H,2,11-14H2,1H3. The first kappa shape index (κ1) is 16.8. The summed E-state index contributed by atoms with van der Waals surface area (Å²) in [6.07, 6.45) is 0. The highest BCUT2D eigenvalue weighted by Crippen LogP contribution is 2.15. The van der Waals surface area contributed by atoms with E-state index in [0.717, 1.165) is 36.0 Å². The molecule has 0 saturated heterocycles. The van der Waals surface area contributed by atoms with E-state index in [1.54, 1.807) is 0 Å². The van der Waals surface area contributed by atoms with Crippen LogP contribution in [0.4, 0.5) is 0 Å². The molecule has 0 aliphatic rings. The zero-order valence-electron chi connectivity index (χ0n) is 12.8. The molecule has 0 unspecified atom stereocenters. The highest BCUT2D eigenvalue weighted by molar-refractivity contribution is 6.31. The molecule has 118 valence electrons. The maximum Gasteiger partial charge on any atom is 0.119 e. The molecule has 0 fully saturated rings. The van der Waals surface area contributed by atoms with Crippen LogP contribution in [0.25, 0.3) is 0 Å². The van der Waals surface area contributed by atoms with Crippen molar-refractivity contribution in [1.29, 1.82) is 0 Å². The maximum atomic E-state index is 6.13. The van der Waals surface area contributed by atoms with E-state index in [1.807, 2.05) is 43.3 Å². The van der Waals surface area contributed by atoms with E-state index in [1.165, 1.54) is 5.56 Å². The summed E-state index contributed by atoms with van der Waals surface area (Å²) in [5, 5.41) is 4.19. The lowest BCUT2D eigenvalue weighted by atomic mass is 10.2. The van der Waals surface area contributed by atoms with Gasteiger partial charge < -0.3 is 14.8 Å². The van der Waals surface area contributed by atoms with Crippen molar-refractivity contribution in [3.8, 4) is 5.75 Å². The fourth-order valence-electron chi connectivity index (χ4n) is 2.05. The average Bonchev–Trinajstić information content (AvgIpc) is 2.55. The van der Waals surface area contributed by atoms with Gasteiger partial charge in [-0.15, -0.1) is 0 Å². The van der Waals surface area contributed by atoms with Gasteiger partial charge in [-0.05, 0) is 36.2 Å². The molecule has 2 aromatic rings. The predicted octanol–water partition coefficient (Wildman–Crippen LogP) is 4.05. The Morgan fingerprint density at radius 3 is 2.45 bits per heavy atom. The van der Waals surface area contributed by atoms with Gasteiger partial charge in [-0.2, -0.15) is 0 Å². The van der Waals surface area contributed by atoms with Crippen LogP contribution in [0.15, 0.2) is 48.5 Å². The Kier molecular flexibility index (Phi) is 7.23. The Morgan fingerprint density at radius 1 is 0.955 bits per heavy atom. The van der Waals surface area contributed by atoms with Gasteiger partial charge in [0.1, 0.15) is 12.4 Å². The number of nitrogens with one attached hydrogen (secondary N) is 1. The largest absolute Gasteiger partial charge is 0.491 e. The molecule has 22 heavy (non-hydrogen) atoms. The molecule has 0 aromatic heterocycles. The smallest absolute Gasteiger partial charge is 0.119 e. The molecule has 1 N–H and O–H groups in total. The van der Waals surface area contributed by atoms with Crippen LogP contribution in [-0.2, 0) is 17.8 Å². The molecule has 0 aliphatic heterocycles. The third-order valence-corrected chi connectivity index (χ3v) is 3.60. The summed E-state index contributed by atoms with van der Waals surface area (Å²) in [6, 6.07) is 16.0. The normalized spacial score (nSPS) is 10.6. The van der Waals surface area contributed by atoms with Gasteiger partial charge in [0.2, 0.25) is 0 Å². The van der Waals surface area contributed by atoms with Crippen LogP contribution < -0.4 is 10.1 Å². The number of benzene rings is 2. The first-order valence-corrected chi connectivity index (χ1v) is 7.91. The van der Waals surface area contributed by atoms with E-state index < -0.39 is 0 Å². The lowest BCUT2D eigenvalue weighted by Crippen LogP contribution is -2.13. The summed E-state index contributed by atoms with van der Waals surface area (Å²) in [5.74, 6) is 0.870. The Balaban J connectivity index is 1.73. The van der Waals surface area contributed by atoms with E-state index in [-0.39, 0.29) is 0 Å². The van der Waals surface area contributed by atoms with Crippen molar-refractivity contribution in [2.24, 2.45) is 0 Å². The molecule has 3 nitrogen and oxygen atoms in total. The molecule has 0 spiro atoms. The summed E-state index contributed by atoms with van der Waals surface area (Å²) in [4.78, 5) is 0. The van der Waals surface area contributed by atoms with Gasteiger partial charge in [0.25, 0.3) is 0 Å². The van der Waals surface area contributed by atoms with Crippen LogP contribution >= 0.6 is 11.6 Å². The monoisotopic (exact) mass is 319 g/mol. The number of ether oxygens (including phenoxy) is 2. The van der Waals surface area contributed by atoms with Gasteiger partial charge in [-0.1, -0.05) is 41.9 Å². The fraction of sp³-hybridized carbons (Fsp3) is 0.333. The summed E-state index contributed by atoms with van der Waals surface area (Å²) < 4.78 is 10.8. The molecule has 2 rings (SSSR count). The maximum absolute atomic E-state index is 6.13. The Morgan fingerprint density at radius 2 is 1.73 bits per heavy atom. The predicted molar refractivity (Wildman–Crippen MR) is 90.4 cm³/mol.